The van der Waals surface area contributed by atoms with Crippen molar-refractivity contribution >= 4 is 11.3 Å². The molecule has 0 aliphatic rings. The van der Waals surface area contributed by atoms with Gasteiger partial charge in [0.05, 0.1) is 18.8 Å². The van der Waals surface area contributed by atoms with Crippen molar-refractivity contribution in [3.8, 4) is 0 Å². The fourth-order valence-electron chi connectivity index (χ4n) is 1.11. The number of hydrogen-bond acceptors (Lipinski definition) is 4. The summed E-state index contributed by atoms with van der Waals surface area (Å²) in [7, 11) is 0. The van der Waals surface area contributed by atoms with Crippen molar-refractivity contribution in [3.63, 3.8) is 0 Å². The van der Waals surface area contributed by atoms with Gasteiger partial charge < -0.3 is 10.1 Å². The van der Waals surface area contributed by atoms with Gasteiger partial charge in [0.1, 0.15) is 5.01 Å². The predicted octanol–water partition coefficient (Wildman–Crippen LogP) is 2.22. The van der Waals surface area contributed by atoms with Crippen LogP contribution in [0.1, 0.15) is 31.8 Å². The lowest BCUT2D eigenvalue weighted by Gasteiger charge is -2.12. The second-order valence-corrected chi connectivity index (χ2v) is 4.39. The highest BCUT2D eigenvalue weighted by Gasteiger charge is 2.06. The van der Waals surface area contributed by atoms with Gasteiger partial charge in [0, 0.05) is 18.1 Å². The predicted molar refractivity (Wildman–Crippen MR) is 59.6 cm³/mol. The molecule has 4 heteroatoms. The Bertz CT molecular complexity index is 236. The monoisotopic (exact) mass is 214 g/mol. The Morgan fingerprint density at radius 3 is 2.86 bits per heavy atom. The number of hydrogen-bond donors (Lipinski definition) is 1. The largest absolute Gasteiger partial charge is 0.377 e. The molecule has 1 unspecified atom stereocenters. The number of nitrogens with one attached hydrogen (secondary N) is 1. The Hall–Kier alpha value is -0.450. The van der Waals surface area contributed by atoms with Gasteiger partial charge in [0.25, 0.3) is 0 Å². The smallest absolute Gasteiger partial charge is 0.109 e. The first-order valence-electron chi connectivity index (χ1n) is 4.94. The molecule has 80 valence electrons. The average Bonchev–Trinajstić information content (AvgIpc) is 2.64. The Labute approximate surface area is 89.5 Å². The molecule has 0 fully saturated rings. The van der Waals surface area contributed by atoms with Gasteiger partial charge in [-0.15, -0.1) is 11.3 Å². The van der Waals surface area contributed by atoms with Crippen molar-refractivity contribution in [2.24, 2.45) is 0 Å². The first-order chi connectivity index (χ1) is 6.70. The van der Waals surface area contributed by atoms with E-state index in [0.717, 1.165) is 18.2 Å². The molecule has 0 aliphatic heterocycles. The van der Waals surface area contributed by atoms with Gasteiger partial charge in [-0.05, 0) is 20.8 Å². The molecule has 1 aromatic rings. The summed E-state index contributed by atoms with van der Waals surface area (Å²) in [5.41, 5.74) is 0. The maximum absolute atomic E-state index is 5.43. The van der Waals surface area contributed by atoms with E-state index in [1.54, 1.807) is 11.3 Å². The van der Waals surface area contributed by atoms with Crippen LogP contribution in [0.3, 0.4) is 0 Å². The topological polar surface area (TPSA) is 34.1 Å². The van der Waals surface area contributed by atoms with Gasteiger partial charge in [0.2, 0.25) is 0 Å². The average molecular weight is 214 g/mol. The molecule has 0 aliphatic carbocycles. The van der Waals surface area contributed by atoms with Crippen LogP contribution in [0.25, 0.3) is 0 Å². The van der Waals surface area contributed by atoms with E-state index in [4.69, 9.17) is 4.74 Å². The highest BCUT2D eigenvalue weighted by molar-refractivity contribution is 7.09. The lowest BCUT2D eigenvalue weighted by Crippen LogP contribution is -2.24. The summed E-state index contributed by atoms with van der Waals surface area (Å²) in [4.78, 5) is 4.25. The molecule has 0 amide bonds. The molecule has 0 saturated heterocycles. The molecule has 3 nitrogen and oxygen atoms in total. The molecule has 1 heterocycles. The molecule has 1 aromatic heterocycles. The maximum atomic E-state index is 5.43. The van der Waals surface area contributed by atoms with Crippen LogP contribution in [0.5, 0.6) is 0 Å². The zero-order valence-electron chi connectivity index (χ0n) is 8.99. The first kappa shape index (κ1) is 11.6. The Kier molecular flexibility index (Phi) is 5.07. The van der Waals surface area contributed by atoms with Crippen LogP contribution in [-0.4, -0.2) is 24.2 Å². The van der Waals surface area contributed by atoms with Gasteiger partial charge >= 0.3 is 0 Å². The molecular formula is C10H18N2OS. The van der Waals surface area contributed by atoms with E-state index < -0.39 is 0 Å². The van der Waals surface area contributed by atoms with Crippen LogP contribution in [0, 0.1) is 0 Å². The standard InChI is InChI=1S/C10H18N2OS/c1-8(2)13-6-4-11-9(3)10-12-5-7-14-10/h5,7-9,11H,4,6H2,1-3H3. The van der Waals surface area contributed by atoms with E-state index in [9.17, 15) is 0 Å². The zero-order valence-corrected chi connectivity index (χ0v) is 9.80. The number of rotatable bonds is 6. The zero-order chi connectivity index (χ0) is 10.4. The summed E-state index contributed by atoms with van der Waals surface area (Å²) in [5.74, 6) is 0. The van der Waals surface area contributed by atoms with E-state index in [1.165, 1.54) is 0 Å². The second kappa shape index (κ2) is 6.11. The van der Waals surface area contributed by atoms with Crippen LogP contribution < -0.4 is 5.32 Å². The molecule has 1 rings (SSSR count). The summed E-state index contributed by atoms with van der Waals surface area (Å²) in [6, 6.07) is 0.325. The molecule has 1 atom stereocenters. The molecule has 0 radical (unpaired) electrons. The third-order valence-corrected chi connectivity index (χ3v) is 2.78. The third kappa shape index (κ3) is 4.17. The quantitative estimate of drug-likeness (QED) is 0.737. The number of aromatic nitrogens is 1. The molecule has 0 saturated carbocycles. The minimum atomic E-state index is 0.312. The van der Waals surface area contributed by atoms with Crippen LogP contribution >= 0.6 is 11.3 Å². The first-order valence-corrected chi connectivity index (χ1v) is 5.82. The number of ether oxygens (including phenoxy) is 1. The number of nitrogens with zero attached hydrogens (tertiary/aromatic N) is 1. The molecular weight excluding hydrogens is 196 g/mol. The van der Waals surface area contributed by atoms with Crippen molar-refractivity contribution in [2.45, 2.75) is 32.9 Å². The molecule has 14 heavy (non-hydrogen) atoms. The Morgan fingerprint density at radius 2 is 2.29 bits per heavy atom. The van der Waals surface area contributed by atoms with Crippen molar-refractivity contribution < 1.29 is 4.74 Å². The summed E-state index contributed by atoms with van der Waals surface area (Å²) in [6.45, 7) is 7.84. The summed E-state index contributed by atoms with van der Waals surface area (Å²) >= 11 is 1.68. The Morgan fingerprint density at radius 1 is 1.50 bits per heavy atom. The van der Waals surface area contributed by atoms with Gasteiger partial charge in [-0.1, -0.05) is 0 Å². The molecule has 0 aromatic carbocycles. The van der Waals surface area contributed by atoms with E-state index in [1.807, 2.05) is 25.4 Å². The number of thiazole rings is 1. The lowest BCUT2D eigenvalue weighted by atomic mass is 10.3. The molecule has 1 N–H and O–H groups in total. The molecule has 0 bridgehead atoms. The van der Waals surface area contributed by atoms with Gasteiger partial charge in [-0.2, -0.15) is 0 Å². The van der Waals surface area contributed by atoms with E-state index in [2.05, 4.69) is 17.2 Å². The lowest BCUT2D eigenvalue weighted by molar-refractivity contribution is 0.0796. The molecule has 0 spiro atoms. The minimum absolute atomic E-state index is 0.312. The van der Waals surface area contributed by atoms with Crippen molar-refractivity contribution in [1.29, 1.82) is 0 Å². The summed E-state index contributed by atoms with van der Waals surface area (Å²) < 4.78 is 5.43. The SMILES string of the molecule is CC(C)OCCNC(C)c1nccs1. The Balaban J connectivity index is 2.13. The van der Waals surface area contributed by atoms with Crippen molar-refractivity contribution in [3.05, 3.63) is 16.6 Å². The summed E-state index contributed by atoms with van der Waals surface area (Å²) in [6.07, 6.45) is 2.15. The van der Waals surface area contributed by atoms with E-state index in [0.29, 0.717) is 12.1 Å². The van der Waals surface area contributed by atoms with Crippen LogP contribution in [0.15, 0.2) is 11.6 Å². The minimum Gasteiger partial charge on any atom is -0.377 e. The fraction of sp³-hybridized carbons (Fsp3) is 0.700. The van der Waals surface area contributed by atoms with E-state index in [-0.39, 0.29) is 0 Å². The van der Waals surface area contributed by atoms with Gasteiger partial charge in [-0.3, -0.25) is 0 Å². The van der Waals surface area contributed by atoms with Crippen LogP contribution in [-0.2, 0) is 4.74 Å². The second-order valence-electron chi connectivity index (χ2n) is 3.47. The van der Waals surface area contributed by atoms with E-state index >= 15 is 0 Å². The van der Waals surface area contributed by atoms with Gasteiger partial charge in [0.15, 0.2) is 0 Å². The van der Waals surface area contributed by atoms with Crippen molar-refractivity contribution in [1.82, 2.24) is 10.3 Å². The maximum Gasteiger partial charge on any atom is 0.109 e. The third-order valence-electron chi connectivity index (χ3n) is 1.83. The fourth-order valence-corrected chi connectivity index (χ4v) is 1.78. The normalized spacial score (nSPS) is 13.4. The van der Waals surface area contributed by atoms with Crippen LogP contribution in [0.4, 0.5) is 0 Å². The highest BCUT2D eigenvalue weighted by Crippen LogP contribution is 2.13. The summed E-state index contributed by atoms with van der Waals surface area (Å²) in [5, 5.41) is 6.50. The van der Waals surface area contributed by atoms with Crippen LogP contribution in [0.2, 0.25) is 0 Å². The highest BCUT2D eigenvalue weighted by atomic mass is 32.1. The van der Waals surface area contributed by atoms with Gasteiger partial charge in [-0.25, -0.2) is 4.98 Å². The van der Waals surface area contributed by atoms with Crippen molar-refractivity contribution in [2.75, 3.05) is 13.2 Å².